The van der Waals surface area contributed by atoms with E-state index < -0.39 is 0 Å². The molecule has 2 rings (SSSR count). The zero-order valence-corrected chi connectivity index (χ0v) is 11.5. The van der Waals surface area contributed by atoms with Gasteiger partial charge in [0.15, 0.2) is 0 Å². The lowest BCUT2D eigenvalue weighted by atomic mass is 10.3. The number of hydrogen-bond acceptors (Lipinski definition) is 4. The van der Waals surface area contributed by atoms with Gasteiger partial charge in [-0.25, -0.2) is 4.98 Å². The van der Waals surface area contributed by atoms with Gasteiger partial charge in [-0.3, -0.25) is 0 Å². The fourth-order valence-corrected chi connectivity index (χ4v) is 1.73. The summed E-state index contributed by atoms with van der Waals surface area (Å²) >= 11 is 5.82. The number of halogens is 1. The molecule has 0 aliphatic carbocycles. The molecule has 2 aromatic rings. The van der Waals surface area contributed by atoms with Crippen molar-refractivity contribution in [2.75, 3.05) is 14.2 Å². The Labute approximate surface area is 116 Å². The SMILES string of the molecule is COc1cc(OC)cc(OCc2cccc(Cl)n2)c1. The number of rotatable bonds is 5. The summed E-state index contributed by atoms with van der Waals surface area (Å²) in [7, 11) is 3.19. The van der Waals surface area contributed by atoms with E-state index in [-0.39, 0.29) is 0 Å². The van der Waals surface area contributed by atoms with Crippen molar-refractivity contribution in [3.05, 3.63) is 47.2 Å². The molecule has 0 unspecified atom stereocenters. The molecular weight excluding hydrogens is 266 g/mol. The van der Waals surface area contributed by atoms with Crippen LogP contribution in [0.25, 0.3) is 0 Å². The minimum Gasteiger partial charge on any atom is -0.496 e. The van der Waals surface area contributed by atoms with E-state index in [4.69, 9.17) is 25.8 Å². The summed E-state index contributed by atoms with van der Waals surface area (Å²) < 4.78 is 16.0. The maximum absolute atomic E-state index is 5.82. The molecule has 0 fully saturated rings. The third-order valence-corrected chi connectivity index (χ3v) is 2.69. The summed E-state index contributed by atoms with van der Waals surface area (Å²) in [6.07, 6.45) is 0. The van der Waals surface area contributed by atoms with Gasteiger partial charge in [-0.1, -0.05) is 17.7 Å². The highest BCUT2D eigenvalue weighted by molar-refractivity contribution is 6.29. The van der Waals surface area contributed by atoms with Gasteiger partial charge in [-0.2, -0.15) is 0 Å². The average Bonchev–Trinajstić information content (AvgIpc) is 2.44. The molecule has 0 aliphatic rings. The van der Waals surface area contributed by atoms with Crippen LogP contribution in [-0.2, 0) is 6.61 Å². The maximum atomic E-state index is 5.82. The van der Waals surface area contributed by atoms with Crippen LogP contribution in [0.15, 0.2) is 36.4 Å². The predicted octanol–water partition coefficient (Wildman–Crippen LogP) is 3.33. The van der Waals surface area contributed by atoms with Crippen LogP contribution in [0.2, 0.25) is 5.15 Å². The Morgan fingerprint density at radius 3 is 2.21 bits per heavy atom. The zero-order valence-electron chi connectivity index (χ0n) is 10.7. The molecule has 0 radical (unpaired) electrons. The van der Waals surface area contributed by atoms with E-state index in [1.807, 2.05) is 12.1 Å². The van der Waals surface area contributed by atoms with Gasteiger partial charge in [0.1, 0.15) is 29.0 Å². The number of ether oxygens (including phenoxy) is 3. The molecule has 4 nitrogen and oxygen atoms in total. The first kappa shape index (κ1) is 13.5. The Morgan fingerprint density at radius 2 is 1.63 bits per heavy atom. The molecule has 0 N–H and O–H groups in total. The van der Waals surface area contributed by atoms with E-state index in [9.17, 15) is 0 Å². The first-order chi connectivity index (χ1) is 9.21. The van der Waals surface area contributed by atoms with Gasteiger partial charge >= 0.3 is 0 Å². The molecule has 100 valence electrons. The molecule has 0 amide bonds. The Kier molecular flexibility index (Phi) is 4.47. The maximum Gasteiger partial charge on any atom is 0.130 e. The van der Waals surface area contributed by atoms with Gasteiger partial charge in [0.2, 0.25) is 0 Å². The Morgan fingerprint density at radius 1 is 1.00 bits per heavy atom. The second kappa shape index (κ2) is 6.29. The lowest BCUT2D eigenvalue weighted by molar-refractivity contribution is 0.296. The lowest BCUT2D eigenvalue weighted by Gasteiger charge is -2.10. The Balaban J connectivity index is 2.10. The van der Waals surface area contributed by atoms with Crippen molar-refractivity contribution in [2.24, 2.45) is 0 Å². The van der Waals surface area contributed by atoms with Crippen molar-refractivity contribution in [3.8, 4) is 17.2 Å². The van der Waals surface area contributed by atoms with Gasteiger partial charge < -0.3 is 14.2 Å². The highest BCUT2D eigenvalue weighted by atomic mass is 35.5. The molecule has 1 aromatic carbocycles. The summed E-state index contributed by atoms with van der Waals surface area (Å²) in [5.41, 5.74) is 0.759. The van der Waals surface area contributed by atoms with Gasteiger partial charge in [0, 0.05) is 18.2 Å². The average molecular weight is 280 g/mol. The van der Waals surface area contributed by atoms with Crippen LogP contribution in [0.4, 0.5) is 0 Å². The third-order valence-electron chi connectivity index (χ3n) is 2.48. The number of aromatic nitrogens is 1. The van der Waals surface area contributed by atoms with E-state index in [1.165, 1.54) is 0 Å². The molecular formula is C14H14ClNO3. The fourth-order valence-electron chi connectivity index (χ4n) is 1.55. The Hall–Kier alpha value is -1.94. The second-order valence-corrected chi connectivity index (χ2v) is 4.18. The summed E-state index contributed by atoms with van der Waals surface area (Å²) in [5, 5.41) is 0.448. The van der Waals surface area contributed by atoms with Gasteiger partial charge in [-0.05, 0) is 12.1 Å². The monoisotopic (exact) mass is 279 g/mol. The van der Waals surface area contributed by atoms with E-state index >= 15 is 0 Å². The summed E-state index contributed by atoms with van der Waals surface area (Å²) in [4.78, 5) is 4.15. The third kappa shape index (κ3) is 3.76. The fraction of sp³-hybridized carbons (Fsp3) is 0.214. The van der Waals surface area contributed by atoms with Crippen LogP contribution < -0.4 is 14.2 Å². The second-order valence-electron chi connectivity index (χ2n) is 3.79. The number of nitrogens with zero attached hydrogens (tertiary/aromatic N) is 1. The molecule has 0 aliphatic heterocycles. The van der Waals surface area contributed by atoms with Gasteiger partial charge in [-0.15, -0.1) is 0 Å². The molecule has 0 bridgehead atoms. The smallest absolute Gasteiger partial charge is 0.130 e. The van der Waals surface area contributed by atoms with Gasteiger partial charge in [0.05, 0.1) is 19.9 Å². The predicted molar refractivity (Wildman–Crippen MR) is 73.1 cm³/mol. The van der Waals surface area contributed by atoms with Crippen LogP contribution >= 0.6 is 11.6 Å². The van der Waals surface area contributed by atoms with Crippen molar-refractivity contribution in [1.82, 2.24) is 4.98 Å². The minimum atomic E-state index is 0.330. The quantitative estimate of drug-likeness (QED) is 0.787. The van der Waals surface area contributed by atoms with Crippen molar-refractivity contribution in [3.63, 3.8) is 0 Å². The Bertz CT molecular complexity index is 538. The standard InChI is InChI=1S/C14H14ClNO3/c1-17-11-6-12(18-2)8-13(7-11)19-9-10-4-3-5-14(15)16-10/h3-8H,9H2,1-2H3. The van der Waals surface area contributed by atoms with E-state index in [1.54, 1.807) is 38.5 Å². The minimum absolute atomic E-state index is 0.330. The highest BCUT2D eigenvalue weighted by Crippen LogP contribution is 2.27. The molecule has 1 heterocycles. The van der Waals surface area contributed by atoms with Crippen LogP contribution in [-0.4, -0.2) is 19.2 Å². The normalized spacial score (nSPS) is 10.1. The first-order valence-electron chi connectivity index (χ1n) is 5.68. The van der Waals surface area contributed by atoms with E-state index in [0.717, 1.165) is 5.69 Å². The largest absolute Gasteiger partial charge is 0.496 e. The highest BCUT2D eigenvalue weighted by Gasteiger charge is 2.04. The van der Waals surface area contributed by atoms with E-state index in [2.05, 4.69) is 4.98 Å². The molecule has 0 saturated heterocycles. The summed E-state index contributed by atoms with van der Waals surface area (Å²) in [6.45, 7) is 0.330. The number of hydrogen-bond donors (Lipinski definition) is 0. The first-order valence-corrected chi connectivity index (χ1v) is 6.06. The molecule has 5 heteroatoms. The molecule has 19 heavy (non-hydrogen) atoms. The summed E-state index contributed by atoms with van der Waals surface area (Å²) in [5.74, 6) is 2.00. The molecule has 0 spiro atoms. The van der Waals surface area contributed by atoms with Crippen molar-refractivity contribution in [2.45, 2.75) is 6.61 Å². The summed E-state index contributed by atoms with van der Waals surface area (Å²) in [6, 6.07) is 10.8. The van der Waals surface area contributed by atoms with E-state index in [0.29, 0.717) is 29.0 Å². The van der Waals surface area contributed by atoms with Crippen molar-refractivity contribution >= 4 is 11.6 Å². The van der Waals surface area contributed by atoms with Crippen LogP contribution in [0.3, 0.4) is 0 Å². The number of pyridine rings is 1. The van der Waals surface area contributed by atoms with Gasteiger partial charge in [0.25, 0.3) is 0 Å². The molecule has 0 saturated carbocycles. The van der Waals surface area contributed by atoms with Crippen LogP contribution in [0.5, 0.6) is 17.2 Å². The van der Waals surface area contributed by atoms with Crippen LogP contribution in [0, 0.1) is 0 Å². The number of methoxy groups -OCH3 is 2. The zero-order chi connectivity index (χ0) is 13.7. The molecule has 1 aromatic heterocycles. The molecule has 0 atom stereocenters. The van der Waals surface area contributed by atoms with Crippen molar-refractivity contribution in [1.29, 1.82) is 0 Å². The van der Waals surface area contributed by atoms with Crippen LogP contribution in [0.1, 0.15) is 5.69 Å². The van der Waals surface area contributed by atoms with Crippen molar-refractivity contribution < 1.29 is 14.2 Å². The topological polar surface area (TPSA) is 40.6 Å². The lowest BCUT2D eigenvalue weighted by Crippen LogP contribution is -1.99. The number of benzene rings is 1.